The molecule has 4 nitrogen and oxygen atoms in total. The maximum atomic E-state index is 11.0. The van der Waals surface area contributed by atoms with E-state index in [0.29, 0.717) is 5.69 Å². The highest BCUT2D eigenvalue weighted by molar-refractivity contribution is 9.10. The molecule has 1 heterocycles. The van der Waals surface area contributed by atoms with Crippen molar-refractivity contribution in [2.75, 3.05) is 0 Å². The standard InChI is InChI=1S/C13H14BrNO3/c1-7(2)15-10-5-3-4-9(14)8(10)6-11(15)12(16)13(17)18/h3-7,12,16H,1-2H3,(H,17,18). The molecule has 1 atom stereocenters. The highest BCUT2D eigenvalue weighted by atomic mass is 79.9. The van der Waals surface area contributed by atoms with Crippen molar-refractivity contribution >= 4 is 32.8 Å². The van der Waals surface area contributed by atoms with E-state index in [1.54, 1.807) is 6.07 Å². The van der Waals surface area contributed by atoms with Crippen LogP contribution in [0, 0.1) is 0 Å². The zero-order valence-electron chi connectivity index (χ0n) is 10.1. The highest BCUT2D eigenvalue weighted by Gasteiger charge is 2.23. The number of nitrogens with zero attached hydrogens (tertiary/aromatic N) is 1. The van der Waals surface area contributed by atoms with E-state index in [9.17, 15) is 9.90 Å². The first-order valence-electron chi connectivity index (χ1n) is 5.63. The van der Waals surface area contributed by atoms with Crippen LogP contribution in [0.25, 0.3) is 10.9 Å². The summed E-state index contributed by atoms with van der Waals surface area (Å²) in [7, 11) is 0. The fraction of sp³-hybridized carbons (Fsp3) is 0.308. The van der Waals surface area contributed by atoms with Crippen LogP contribution in [0.4, 0.5) is 0 Å². The number of carboxylic acid groups (broad SMARTS) is 1. The molecule has 0 fully saturated rings. The first kappa shape index (κ1) is 13.1. The molecule has 0 aliphatic heterocycles. The minimum Gasteiger partial charge on any atom is -0.479 e. The largest absolute Gasteiger partial charge is 0.479 e. The first-order valence-corrected chi connectivity index (χ1v) is 6.43. The third-order valence-electron chi connectivity index (χ3n) is 2.89. The molecular weight excluding hydrogens is 298 g/mol. The van der Waals surface area contributed by atoms with Crippen molar-refractivity contribution in [2.45, 2.75) is 26.0 Å². The maximum absolute atomic E-state index is 11.0. The lowest BCUT2D eigenvalue weighted by Gasteiger charge is -2.16. The van der Waals surface area contributed by atoms with Crippen LogP contribution in [0.2, 0.25) is 0 Å². The number of carbonyl (C=O) groups is 1. The number of aliphatic hydroxyl groups is 1. The predicted molar refractivity (Wildman–Crippen MR) is 72.6 cm³/mol. The number of fused-ring (bicyclic) bond motifs is 1. The third-order valence-corrected chi connectivity index (χ3v) is 3.58. The second kappa shape index (κ2) is 4.74. The van der Waals surface area contributed by atoms with Gasteiger partial charge in [-0.15, -0.1) is 0 Å². The van der Waals surface area contributed by atoms with Gasteiger partial charge in [-0.05, 0) is 32.0 Å². The fourth-order valence-corrected chi connectivity index (χ4v) is 2.62. The van der Waals surface area contributed by atoms with E-state index in [1.807, 2.05) is 36.6 Å². The molecule has 0 bridgehead atoms. The summed E-state index contributed by atoms with van der Waals surface area (Å²) in [6, 6.07) is 7.49. The first-order chi connectivity index (χ1) is 8.43. The molecule has 0 saturated carbocycles. The van der Waals surface area contributed by atoms with Gasteiger partial charge in [0.25, 0.3) is 0 Å². The lowest BCUT2D eigenvalue weighted by molar-refractivity contribution is -0.147. The SMILES string of the molecule is CC(C)n1c(C(O)C(=O)O)cc2c(Br)cccc21. The second-order valence-corrected chi connectivity index (χ2v) is 5.30. The van der Waals surface area contributed by atoms with Gasteiger partial charge < -0.3 is 14.8 Å². The summed E-state index contributed by atoms with van der Waals surface area (Å²) in [5.74, 6) is -1.24. The number of aliphatic carboxylic acids is 1. The number of benzene rings is 1. The van der Waals surface area contributed by atoms with Gasteiger partial charge >= 0.3 is 5.97 Å². The molecule has 0 aliphatic rings. The average molecular weight is 312 g/mol. The van der Waals surface area contributed by atoms with E-state index >= 15 is 0 Å². The van der Waals surface area contributed by atoms with Crippen LogP contribution in [0.3, 0.4) is 0 Å². The molecule has 1 unspecified atom stereocenters. The molecule has 1 aromatic carbocycles. The van der Waals surface area contributed by atoms with Crippen LogP contribution >= 0.6 is 15.9 Å². The Labute approximate surface area is 113 Å². The number of halogens is 1. The molecule has 0 saturated heterocycles. The predicted octanol–water partition coefficient (Wildman–Crippen LogP) is 3.10. The van der Waals surface area contributed by atoms with Crippen molar-refractivity contribution in [1.29, 1.82) is 0 Å². The van der Waals surface area contributed by atoms with E-state index in [0.717, 1.165) is 15.4 Å². The van der Waals surface area contributed by atoms with Crippen LogP contribution in [-0.2, 0) is 4.79 Å². The zero-order chi connectivity index (χ0) is 13.4. The summed E-state index contributed by atoms with van der Waals surface area (Å²) in [5, 5.41) is 19.6. The van der Waals surface area contributed by atoms with E-state index < -0.39 is 12.1 Å². The summed E-state index contributed by atoms with van der Waals surface area (Å²) in [5.41, 5.74) is 1.31. The van der Waals surface area contributed by atoms with Gasteiger partial charge in [0.05, 0.1) is 5.69 Å². The fourth-order valence-electron chi connectivity index (χ4n) is 2.15. The molecule has 2 rings (SSSR count). The lowest BCUT2D eigenvalue weighted by Crippen LogP contribution is -2.16. The zero-order valence-corrected chi connectivity index (χ0v) is 11.7. The quantitative estimate of drug-likeness (QED) is 0.915. The summed E-state index contributed by atoms with van der Waals surface area (Å²) >= 11 is 3.44. The van der Waals surface area contributed by atoms with Gasteiger partial charge in [-0.2, -0.15) is 0 Å². The van der Waals surface area contributed by atoms with Crippen molar-refractivity contribution in [2.24, 2.45) is 0 Å². The number of hydrogen-bond donors (Lipinski definition) is 2. The van der Waals surface area contributed by atoms with Gasteiger partial charge in [0.1, 0.15) is 0 Å². The summed E-state index contributed by atoms with van der Waals surface area (Å²) in [6.45, 7) is 3.91. The Morgan fingerprint density at radius 3 is 2.61 bits per heavy atom. The molecule has 0 radical (unpaired) electrons. The number of aliphatic hydroxyl groups excluding tert-OH is 1. The molecule has 96 valence electrons. The van der Waals surface area contributed by atoms with Crippen LogP contribution in [0.15, 0.2) is 28.7 Å². The van der Waals surface area contributed by atoms with Crippen molar-refractivity contribution in [3.8, 4) is 0 Å². The van der Waals surface area contributed by atoms with E-state index in [1.165, 1.54) is 0 Å². The molecule has 2 aromatic rings. The van der Waals surface area contributed by atoms with Crippen LogP contribution < -0.4 is 0 Å². The van der Waals surface area contributed by atoms with Crippen molar-refractivity contribution in [1.82, 2.24) is 4.57 Å². The summed E-state index contributed by atoms with van der Waals surface area (Å²) in [6.07, 6.45) is -1.51. The molecule has 0 amide bonds. The van der Waals surface area contributed by atoms with E-state index in [-0.39, 0.29) is 6.04 Å². The number of rotatable bonds is 3. The van der Waals surface area contributed by atoms with Crippen molar-refractivity contribution in [3.05, 3.63) is 34.4 Å². The van der Waals surface area contributed by atoms with Crippen molar-refractivity contribution in [3.63, 3.8) is 0 Å². The van der Waals surface area contributed by atoms with Crippen molar-refractivity contribution < 1.29 is 15.0 Å². The Hall–Kier alpha value is -1.33. The third kappa shape index (κ3) is 2.04. The number of carboxylic acids is 1. The van der Waals surface area contributed by atoms with Crippen LogP contribution in [0.1, 0.15) is 31.7 Å². The normalized spacial score (nSPS) is 13.2. The Balaban J connectivity index is 2.77. The van der Waals surface area contributed by atoms with Crippen LogP contribution in [0.5, 0.6) is 0 Å². The Bertz CT molecular complexity index is 604. The molecule has 2 N–H and O–H groups in total. The van der Waals surface area contributed by atoms with Gasteiger partial charge in [0.15, 0.2) is 6.10 Å². The second-order valence-electron chi connectivity index (χ2n) is 4.45. The average Bonchev–Trinajstić information content (AvgIpc) is 2.68. The van der Waals surface area contributed by atoms with Gasteiger partial charge in [0.2, 0.25) is 0 Å². The lowest BCUT2D eigenvalue weighted by atomic mass is 10.2. The minimum atomic E-state index is -1.51. The molecule has 0 spiro atoms. The topological polar surface area (TPSA) is 62.5 Å². The molecule has 18 heavy (non-hydrogen) atoms. The smallest absolute Gasteiger partial charge is 0.338 e. The van der Waals surface area contributed by atoms with Gasteiger partial charge in [0, 0.05) is 21.4 Å². The van der Waals surface area contributed by atoms with Gasteiger partial charge in [-0.1, -0.05) is 22.0 Å². The maximum Gasteiger partial charge on any atom is 0.338 e. The highest BCUT2D eigenvalue weighted by Crippen LogP contribution is 2.32. The van der Waals surface area contributed by atoms with Crippen LogP contribution in [-0.4, -0.2) is 20.7 Å². The molecule has 0 aliphatic carbocycles. The molecule has 1 aromatic heterocycles. The van der Waals surface area contributed by atoms with E-state index in [4.69, 9.17) is 5.11 Å². The summed E-state index contributed by atoms with van der Waals surface area (Å²) < 4.78 is 2.73. The summed E-state index contributed by atoms with van der Waals surface area (Å²) in [4.78, 5) is 11.0. The molecular formula is C13H14BrNO3. The van der Waals surface area contributed by atoms with E-state index in [2.05, 4.69) is 15.9 Å². The monoisotopic (exact) mass is 311 g/mol. The number of hydrogen-bond acceptors (Lipinski definition) is 2. The Morgan fingerprint density at radius 2 is 2.06 bits per heavy atom. The minimum absolute atomic E-state index is 0.0702. The Kier molecular flexibility index (Phi) is 3.45. The molecule has 5 heteroatoms. The van der Waals surface area contributed by atoms with Gasteiger partial charge in [-0.25, -0.2) is 4.79 Å². The Morgan fingerprint density at radius 1 is 1.39 bits per heavy atom. The van der Waals surface area contributed by atoms with Gasteiger partial charge in [-0.3, -0.25) is 0 Å². The number of aromatic nitrogens is 1.